The molecule has 1 N–H and O–H groups in total. The zero-order chi connectivity index (χ0) is 25.4. The van der Waals surface area contributed by atoms with Crippen LogP contribution in [0.5, 0.6) is 0 Å². The zero-order valence-electron chi connectivity index (χ0n) is 20.5. The molecule has 1 aliphatic heterocycles. The molecular formula is C31H25N3O3. The van der Waals surface area contributed by atoms with Gasteiger partial charge in [0.25, 0.3) is 5.91 Å². The Balaban J connectivity index is 1.23. The maximum absolute atomic E-state index is 13.9. The van der Waals surface area contributed by atoms with Crippen molar-refractivity contribution in [3.8, 4) is 0 Å². The molecule has 1 aromatic heterocycles. The fraction of sp³-hybridized carbons (Fsp3) is 0.194. The average molecular weight is 488 g/mol. The maximum Gasteiger partial charge on any atom is 0.270 e. The first-order valence-electron chi connectivity index (χ1n) is 12.6. The van der Waals surface area contributed by atoms with Gasteiger partial charge in [0, 0.05) is 28.8 Å². The van der Waals surface area contributed by atoms with Crippen molar-refractivity contribution in [2.24, 2.45) is 11.8 Å². The fourth-order valence-electron chi connectivity index (χ4n) is 6.70. The van der Waals surface area contributed by atoms with E-state index in [1.54, 1.807) is 28.9 Å². The van der Waals surface area contributed by atoms with Gasteiger partial charge in [0.2, 0.25) is 11.8 Å². The van der Waals surface area contributed by atoms with Gasteiger partial charge in [-0.2, -0.15) is 0 Å². The monoisotopic (exact) mass is 487 g/mol. The Kier molecular flexibility index (Phi) is 4.58. The average Bonchev–Trinajstić information content (AvgIpc) is 3.38. The third kappa shape index (κ3) is 2.96. The third-order valence-electron chi connectivity index (χ3n) is 8.32. The number of hydrogen-bond donors (Lipinski definition) is 1. The van der Waals surface area contributed by atoms with Gasteiger partial charge in [0.15, 0.2) is 0 Å². The van der Waals surface area contributed by atoms with Crippen molar-refractivity contribution in [2.75, 3.05) is 10.3 Å². The summed E-state index contributed by atoms with van der Waals surface area (Å²) in [7, 11) is 0. The fourth-order valence-corrected chi connectivity index (χ4v) is 6.70. The largest absolute Gasteiger partial charge is 0.274 e. The second kappa shape index (κ2) is 7.77. The van der Waals surface area contributed by atoms with Crippen molar-refractivity contribution >= 4 is 23.4 Å². The van der Waals surface area contributed by atoms with Crippen molar-refractivity contribution in [3.63, 3.8) is 0 Å². The Morgan fingerprint density at radius 1 is 0.649 bits per heavy atom. The van der Waals surface area contributed by atoms with E-state index >= 15 is 0 Å². The van der Waals surface area contributed by atoms with Crippen LogP contribution in [-0.2, 0) is 9.59 Å². The van der Waals surface area contributed by atoms with Crippen LogP contribution in [0.1, 0.15) is 55.8 Å². The van der Waals surface area contributed by atoms with Crippen molar-refractivity contribution < 1.29 is 14.4 Å². The minimum absolute atomic E-state index is 0.137. The molecule has 0 unspecified atom stereocenters. The summed E-state index contributed by atoms with van der Waals surface area (Å²) in [5.41, 5.74) is 10.3. The van der Waals surface area contributed by atoms with E-state index in [9.17, 15) is 14.4 Å². The molecule has 0 saturated carbocycles. The Bertz CT molecular complexity index is 1480. The van der Waals surface area contributed by atoms with Crippen LogP contribution in [0.25, 0.3) is 0 Å². The van der Waals surface area contributed by atoms with Gasteiger partial charge >= 0.3 is 0 Å². The number of nitrogens with zero attached hydrogens (tertiary/aromatic N) is 2. The predicted molar refractivity (Wildman–Crippen MR) is 140 cm³/mol. The van der Waals surface area contributed by atoms with Gasteiger partial charge in [-0.05, 0) is 72.5 Å². The smallest absolute Gasteiger partial charge is 0.270 e. The normalized spacial score (nSPS) is 23.0. The highest BCUT2D eigenvalue weighted by atomic mass is 16.2. The summed E-state index contributed by atoms with van der Waals surface area (Å²) in [5.74, 6) is -1.71. The van der Waals surface area contributed by atoms with Crippen LogP contribution in [-0.4, -0.2) is 22.4 Å². The minimum Gasteiger partial charge on any atom is -0.274 e. The van der Waals surface area contributed by atoms with Crippen molar-refractivity contribution in [1.29, 1.82) is 0 Å². The number of carbonyl (C=O) groups is 3. The number of amides is 3. The van der Waals surface area contributed by atoms with Crippen LogP contribution in [0, 0.1) is 25.7 Å². The third-order valence-corrected chi connectivity index (χ3v) is 8.32. The first-order valence-corrected chi connectivity index (χ1v) is 12.6. The molecule has 4 aromatic rings. The van der Waals surface area contributed by atoms with E-state index in [1.165, 1.54) is 4.90 Å². The van der Waals surface area contributed by atoms with E-state index in [4.69, 9.17) is 0 Å². The molecule has 1 saturated heterocycles. The lowest BCUT2D eigenvalue weighted by Crippen LogP contribution is -2.41. The van der Waals surface area contributed by atoms with Crippen LogP contribution >= 0.6 is 0 Å². The molecular weight excluding hydrogens is 462 g/mol. The lowest BCUT2D eigenvalue weighted by molar-refractivity contribution is -0.122. The highest BCUT2D eigenvalue weighted by molar-refractivity contribution is 6.23. The van der Waals surface area contributed by atoms with Gasteiger partial charge in [-0.25, -0.2) is 4.90 Å². The van der Waals surface area contributed by atoms with Crippen molar-refractivity contribution in [1.82, 2.24) is 4.68 Å². The molecule has 6 nitrogen and oxygen atoms in total. The SMILES string of the molecule is Cc1ccc(C)n1NC(=O)c1ccc(N2C(=O)[C@@H]3C4c5ccccc5C(c5ccccc54)[C@H]3C2=O)cc1. The zero-order valence-corrected chi connectivity index (χ0v) is 20.5. The second-order valence-electron chi connectivity index (χ2n) is 10.2. The number of aryl methyl sites for hydroxylation is 2. The topological polar surface area (TPSA) is 71.4 Å². The second-order valence-corrected chi connectivity index (χ2v) is 10.2. The number of imide groups is 1. The van der Waals surface area contributed by atoms with Crippen LogP contribution < -0.4 is 10.3 Å². The number of hydrogen-bond acceptors (Lipinski definition) is 3. The van der Waals surface area contributed by atoms with E-state index in [2.05, 4.69) is 29.7 Å². The van der Waals surface area contributed by atoms with Crippen molar-refractivity contribution in [3.05, 3.63) is 124 Å². The number of benzene rings is 3. The maximum atomic E-state index is 13.9. The summed E-state index contributed by atoms with van der Waals surface area (Å²) in [6.07, 6.45) is 0. The lowest BCUT2D eigenvalue weighted by atomic mass is 9.55. The highest BCUT2D eigenvalue weighted by Gasteiger charge is 2.61. The summed E-state index contributed by atoms with van der Waals surface area (Å²) in [6, 6.07) is 27.0. The molecule has 8 rings (SSSR count). The lowest BCUT2D eigenvalue weighted by Gasteiger charge is -2.45. The molecule has 3 aliphatic carbocycles. The van der Waals surface area contributed by atoms with Crippen LogP contribution in [0.15, 0.2) is 84.9 Å². The predicted octanol–water partition coefficient (Wildman–Crippen LogP) is 4.89. The van der Waals surface area contributed by atoms with Gasteiger partial charge < -0.3 is 0 Å². The molecule has 0 radical (unpaired) electrons. The Morgan fingerprint density at radius 3 is 1.51 bits per heavy atom. The minimum atomic E-state index is -0.426. The summed E-state index contributed by atoms with van der Waals surface area (Å²) < 4.78 is 1.74. The number of carbonyl (C=O) groups excluding carboxylic acids is 3. The number of anilines is 1. The summed E-state index contributed by atoms with van der Waals surface area (Å²) in [4.78, 5) is 42.0. The highest BCUT2D eigenvalue weighted by Crippen LogP contribution is 2.61. The molecule has 2 atom stereocenters. The Morgan fingerprint density at radius 2 is 1.08 bits per heavy atom. The molecule has 3 amide bonds. The molecule has 37 heavy (non-hydrogen) atoms. The van der Waals surface area contributed by atoms with Gasteiger partial charge in [-0.1, -0.05) is 48.5 Å². The van der Waals surface area contributed by atoms with Gasteiger partial charge in [0.05, 0.1) is 17.5 Å². The molecule has 0 spiro atoms. The summed E-state index contributed by atoms with van der Waals surface area (Å²) in [5, 5.41) is 0. The molecule has 2 heterocycles. The van der Waals surface area contributed by atoms with Crippen molar-refractivity contribution in [2.45, 2.75) is 25.7 Å². The van der Waals surface area contributed by atoms with Gasteiger partial charge in [-0.3, -0.25) is 24.5 Å². The number of aromatic nitrogens is 1. The number of rotatable bonds is 3. The molecule has 182 valence electrons. The number of nitrogens with one attached hydrogen (secondary N) is 1. The molecule has 3 aromatic carbocycles. The standard InChI is InChI=1S/C31H25N3O3/c1-17-11-12-18(2)34(17)32-29(35)19-13-15-20(16-14-19)33-30(36)27-25-21-7-3-4-8-22(21)26(28(27)31(33)37)24-10-6-5-9-23(24)25/h3-16,25-28H,1-2H3,(H,32,35)/t25?,26?,27-,28-/m1/s1. The first kappa shape index (κ1) is 21.8. The quantitative estimate of drug-likeness (QED) is 0.419. The molecule has 6 heteroatoms. The summed E-state index contributed by atoms with van der Waals surface area (Å²) in [6.45, 7) is 3.84. The van der Waals surface area contributed by atoms with Crippen LogP contribution in [0.2, 0.25) is 0 Å². The van der Waals surface area contributed by atoms with E-state index in [-0.39, 0.29) is 29.6 Å². The molecule has 1 fully saturated rings. The van der Waals surface area contributed by atoms with Crippen LogP contribution in [0.4, 0.5) is 5.69 Å². The Labute approximate surface area is 214 Å². The molecule has 4 aliphatic rings. The van der Waals surface area contributed by atoms with E-state index in [1.807, 2.05) is 50.2 Å². The van der Waals surface area contributed by atoms with Crippen LogP contribution in [0.3, 0.4) is 0 Å². The Hall–Kier alpha value is -4.45. The van der Waals surface area contributed by atoms with Gasteiger partial charge in [-0.15, -0.1) is 0 Å². The molecule has 2 bridgehead atoms. The van der Waals surface area contributed by atoms with E-state index in [0.29, 0.717) is 11.3 Å². The van der Waals surface area contributed by atoms with Gasteiger partial charge in [0.1, 0.15) is 0 Å². The van der Waals surface area contributed by atoms with E-state index in [0.717, 1.165) is 33.6 Å². The first-order chi connectivity index (χ1) is 18.0. The summed E-state index contributed by atoms with van der Waals surface area (Å²) >= 11 is 0. The van der Waals surface area contributed by atoms with E-state index < -0.39 is 11.8 Å².